The Morgan fingerprint density at radius 1 is 1.26 bits per heavy atom. The topological polar surface area (TPSA) is 72.5 Å². The van der Waals surface area contributed by atoms with Gasteiger partial charge in [-0.25, -0.2) is 8.42 Å². The van der Waals surface area contributed by atoms with E-state index in [-0.39, 0.29) is 11.6 Å². The zero-order chi connectivity index (χ0) is 22.6. The normalized spacial score (nSPS) is 25.9. The molecule has 0 unspecified atom stereocenters. The van der Waals surface area contributed by atoms with Crippen LogP contribution in [0.2, 0.25) is 0 Å². The van der Waals surface area contributed by atoms with Crippen LogP contribution in [0.4, 0.5) is 0 Å². The van der Waals surface area contributed by atoms with Crippen LogP contribution < -0.4 is 5.73 Å². The van der Waals surface area contributed by atoms with Gasteiger partial charge in [-0.1, -0.05) is 31.6 Å². The molecule has 31 heavy (non-hydrogen) atoms. The highest BCUT2D eigenvalue weighted by molar-refractivity contribution is 7.93. The number of hydrogen-bond donors (Lipinski definition) is 1. The summed E-state index contributed by atoms with van der Waals surface area (Å²) in [6.45, 7) is 11.3. The van der Waals surface area contributed by atoms with Crippen LogP contribution in [-0.2, 0) is 9.84 Å². The molecule has 2 aliphatic rings. The Balaban J connectivity index is 1.63. The van der Waals surface area contributed by atoms with Crippen LogP contribution >= 0.6 is 11.3 Å². The lowest BCUT2D eigenvalue weighted by Crippen LogP contribution is -2.56. The molecule has 1 aliphatic carbocycles. The van der Waals surface area contributed by atoms with Gasteiger partial charge in [0.25, 0.3) is 0 Å². The molecule has 1 aromatic carbocycles. The molecule has 0 spiro atoms. The number of fused-ring (bicyclic) bond motifs is 1. The maximum absolute atomic E-state index is 12.8. The first-order chi connectivity index (χ1) is 14.4. The summed E-state index contributed by atoms with van der Waals surface area (Å²) >= 11 is 1.76. The molecule has 1 aliphatic heterocycles. The van der Waals surface area contributed by atoms with E-state index in [0.717, 1.165) is 0 Å². The van der Waals surface area contributed by atoms with Crippen molar-refractivity contribution in [3.05, 3.63) is 52.4 Å². The summed E-state index contributed by atoms with van der Waals surface area (Å²) in [6, 6.07) is 6.90. The van der Waals surface area contributed by atoms with Gasteiger partial charge in [0.05, 0.1) is 11.3 Å². The van der Waals surface area contributed by atoms with Crippen LogP contribution in [0.25, 0.3) is 16.2 Å². The van der Waals surface area contributed by atoms with Gasteiger partial charge < -0.3 is 5.73 Å². The molecule has 0 saturated heterocycles. The summed E-state index contributed by atoms with van der Waals surface area (Å²) in [5.41, 5.74) is 8.47. The van der Waals surface area contributed by atoms with Gasteiger partial charge in [0.2, 0.25) is 0 Å². The first kappa shape index (κ1) is 22.3. The highest BCUT2D eigenvalue weighted by Gasteiger charge is 2.48. The smallest absolute Gasteiger partial charge is 0.165 e. The van der Waals surface area contributed by atoms with Gasteiger partial charge in [-0.15, -0.1) is 11.3 Å². The standard InChI is InChI=1S/C25H32N2O2S2/c1-16(25(5)15-31(28,29)24(3,4)23(26)27-25)10-12-21-17(2)20-14-19(11-13-22(20)30-21)18-8-6-7-9-18/h10-14,18H,1,6-9,15H2,2-5H3,(H2,26,27)/b12-10-/t25-/m0/s1. The molecule has 0 bridgehead atoms. The first-order valence-corrected chi connectivity index (χ1v) is 13.4. The van der Waals surface area contributed by atoms with Crippen molar-refractivity contribution in [2.75, 3.05) is 5.75 Å². The van der Waals surface area contributed by atoms with Crippen molar-refractivity contribution < 1.29 is 8.42 Å². The minimum Gasteiger partial charge on any atom is -0.386 e. The highest BCUT2D eigenvalue weighted by atomic mass is 32.2. The fourth-order valence-electron chi connectivity index (χ4n) is 4.59. The monoisotopic (exact) mass is 456 g/mol. The maximum Gasteiger partial charge on any atom is 0.165 e. The van der Waals surface area contributed by atoms with Crippen molar-refractivity contribution >= 4 is 43.2 Å². The van der Waals surface area contributed by atoms with Crippen LogP contribution in [0.3, 0.4) is 0 Å². The molecule has 1 atom stereocenters. The van der Waals surface area contributed by atoms with E-state index in [0.29, 0.717) is 11.5 Å². The number of benzene rings is 1. The predicted octanol–water partition coefficient (Wildman–Crippen LogP) is 5.76. The van der Waals surface area contributed by atoms with E-state index in [1.165, 1.54) is 51.8 Å². The molecular weight excluding hydrogens is 424 g/mol. The SMILES string of the molecule is C=C(/C=C\c1sc2ccc(C3CCCC3)cc2c1C)[C@]1(C)CS(=O)(=O)C(C)(C)C(N)=N1. The Morgan fingerprint density at radius 3 is 2.58 bits per heavy atom. The van der Waals surface area contributed by atoms with E-state index in [1.54, 1.807) is 32.1 Å². The quantitative estimate of drug-likeness (QED) is 0.595. The molecule has 2 N–H and O–H groups in total. The third-order valence-electron chi connectivity index (χ3n) is 7.18. The number of amidine groups is 1. The molecule has 1 saturated carbocycles. The minimum absolute atomic E-state index is 0.0903. The van der Waals surface area contributed by atoms with Crippen LogP contribution in [0, 0.1) is 6.92 Å². The van der Waals surface area contributed by atoms with Gasteiger partial charge in [-0.2, -0.15) is 0 Å². The van der Waals surface area contributed by atoms with Crippen molar-refractivity contribution in [3.63, 3.8) is 0 Å². The highest BCUT2D eigenvalue weighted by Crippen LogP contribution is 2.39. The number of rotatable bonds is 4. The molecule has 2 heterocycles. The molecule has 0 radical (unpaired) electrons. The van der Waals surface area contributed by atoms with E-state index in [2.05, 4.69) is 36.7 Å². The number of aryl methyl sites for hydroxylation is 1. The second-order valence-corrected chi connectivity index (χ2v) is 13.3. The molecule has 4 nitrogen and oxygen atoms in total. The fourth-order valence-corrected chi connectivity index (χ4v) is 7.40. The lowest BCUT2D eigenvalue weighted by molar-refractivity contribution is 0.533. The van der Waals surface area contributed by atoms with Gasteiger partial charge in [-0.3, -0.25) is 4.99 Å². The molecule has 0 amide bonds. The van der Waals surface area contributed by atoms with E-state index < -0.39 is 20.1 Å². The van der Waals surface area contributed by atoms with Crippen molar-refractivity contribution in [1.29, 1.82) is 0 Å². The Morgan fingerprint density at radius 2 is 1.94 bits per heavy atom. The Hall–Kier alpha value is -1.92. The molecule has 166 valence electrons. The zero-order valence-electron chi connectivity index (χ0n) is 18.9. The van der Waals surface area contributed by atoms with E-state index in [4.69, 9.17) is 5.73 Å². The van der Waals surface area contributed by atoms with Crippen LogP contribution in [0.5, 0.6) is 0 Å². The van der Waals surface area contributed by atoms with Crippen molar-refractivity contribution in [3.8, 4) is 0 Å². The Kier molecular flexibility index (Phi) is 5.46. The third-order valence-corrected chi connectivity index (χ3v) is 11.1. The number of sulfone groups is 1. The number of nitrogens with zero attached hydrogens (tertiary/aromatic N) is 1. The molecule has 1 aromatic heterocycles. The van der Waals surface area contributed by atoms with Gasteiger partial charge in [0.15, 0.2) is 9.84 Å². The molecular formula is C25H32N2O2S2. The number of aliphatic imine (C=N–C) groups is 1. The van der Waals surface area contributed by atoms with Crippen molar-refractivity contribution in [2.45, 2.75) is 69.6 Å². The van der Waals surface area contributed by atoms with E-state index >= 15 is 0 Å². The van der Waals surface area contributed by atoms with Crippen molar-refractivity contribution in [1.82, 2.24) is 0 Å². The van der Waals surface area contributed by atoms with Gasteiger partial charge in [0, 0.05) is 9.58 Å². The molecule has 6 heteroatoms. The number of hydrogen-bond acceptors (Lipinski definition) is 5. The lowest BCUT2D eigenvalue weighted by Gasteiger charge is -2.38. The summed E-state index contributed by atoms with van der Waals surface area (Å²) in [5, 5.41) is 1.31. The second kappa shape index (κ2) is 7.59. The van der Waals surface area contributed by atoms with E-state index in [9.17, 15) is 8.42 Å². The van der Waals surface area contributed by atoms with Crippen LogP contribution in [-0.4, -0.2) is 30.3 Å². The zero-order valence-corrected chi connectivity index (χ0v) is 20.5. The average molecular weight is 457 g/mol. The summed E-state index contributed by atoms with van der Waals surface area (Å²) in [4.78, 5) is 5.73. The Bertz CT molecular complexity index is 1210. The predicted molar refractivity (Wildman–Crippen MR) is 134 cm³/mol. The van der Waals surface area contributed by atoms with Crippen molar-refractivity contribution in [2.24, 2.45) is 10.7 Å². The van der Waals surface area contributed by atoms with Gasteiger partial charge >= 0.3 is 0 Å². The average Bonchev–Trinajstić information content (AvgIpc) is 3.33. The third kappa shape index (κ3) is 3.78. The minimum atomic E-state index is -3.44. The van der Waals surface area contributed by atoms with E-state index in [1.807, 2.05) is 12.2 Å². The number of nitrogens with two attached hydrogens (primary N) is 1. The lowest BCUT2D eigenvalue weighted by atomic mass is 9.94. The largest absolute Gasteiger partial charge is 0.386 e. The number of thiophene rings is 1. The first-order valence-electron chi connectivity index (χ1n) is 10.9. The summed E-state index contributed by atoms with van der Waals surface area (Å²) in [7, 11) is -3.44. The van der Waals surface area contributed by atoms with Crippen LogP contribution in [0.15, 0.2) is 41.4 Å². The van der Waals surface area contributed by atoms with Gasteiger partial charge in [0.1, 0.15) is 10.6 Å². The summed E-state index contributed by atoms with van der Waals surface area (Å²) < 4.78 is 25.7. The molecule has 1 fully saturated rings. The maximum atomic E-state index is 12.8. The Labute approximate surface area is 189 Å². The van der Waals surface area contributed by atoms with Crippen LogP contribution in [0.1, 0.15) is 68.4 Å². The molecule has 2 aromatic rings. The fraction of sp³-hybridized carbons (Fsp3) is 0.480. The molecule has 4 rings (SSSR count). The van der Waals surface area contributed by atoms with Gasteiger partial charge in [-0.05, 0) is 86.7 Å². The summed E-state index contributed by atoms with van der Waals surface area (Å²) in [6.07, 6.45) is 9.20. The summed E-state index contributed by atoms with van der Waals surface area (Å²) in [5.74, 6) is 0.754. The second-order valence-electron chi connectivity index (χ2n) is 9.73.